The zero-order valence-corrected chi connectivity index (χ0v) is 21.8. The highest BCUT2D eigenvalue weighted by Gasteiger charge is 2.42. The van der Waals surface area contributed by atoms with Crippen LogP contribution in [0.3, 0.4) is 0 Å². The Labute approximate surface area is 216 Å². The van der Waals surface area contributed by atoms with Crippen LogP contribution in [0.4, 0.5) is 4.79 Å². The fourth-order valence-electron chi connectivity index (χ4n) is 4.34. The van der Waals surface area contributed by atoms with Crippen LogP contribution in [-0.2, 0) is 27.2 Å². The highest BCUT2D eigenvalue weighted by atomic mass is 16.6. The molecule has 1 aromatic heterocycles. The van der Waals surface area contributed by atoms with Crippen LogP contribution in [0.5, 0.6) is 0 Å². The van der Waals surface area contributed by atoms with E-state index < -0.39 is 29.2 Å². The summed E-state index contributed by atoms with van der Waals surface area (Å²) in [6, 6.07) is 7.17. The molecule has 1 aromatic carbocycles. The van der Waals surface area contributed by atoms with Gasteiger partial charge >= 0.3 is 12.1 Å². The zero-order valence-electron chi connectivity index (χ0n) is 21.8. The van der Waals surface area contributed by atoms with Gasteiger partial charge in [-0.1, -0.05) is 17.9 Å². The van der Waals surface area contributed by atoms with Crippen molar-refractivity contribution < 1.29 is 29.0 Å². The molecule has 1 atom stereocenters. The van der Waals surface area contributed by atoms with Gasteiger partial charge in [0, 0.05) is 44.1 Å². The smallest absolute Gasteiger partial charge is 0.410 e. The molecule has 2 aliphatic heterocycles. The Morgan fingerprint density at radius 1 is 1.24 bits per heavy atom. The van der Waals surface area contributed by atoms with Crippen LogP contribution in [0.2, 0.25) is 0 Å². The van der Waals surface area contributed by atoms with E-state index in [9.17, 15) is 19.5 Å². The van der Waals surface area contributed by atoms with Crippen molar-refractivity contribution in [3.8, 4) is 17.5 Å². The van der Waals surface area contributed by atoms with Crippen molar-refractivity contribution in [2.45, 2.75) is 58.3 Å². The fraction of sp³-hybridized carbons (Fsp3) is 0.481. The summed E-state index contributed by atoms with van der Waals surface area (Å²) in [6.07, 6.45) is 0.249. The lowest BCUT2D eigenvalue weighted by atomic mass is 10.0. The topological polar surface area (TPSA) is 114 Å². The van der Waals surface area contributed by atoms with Crippen LogP contribution >= 0.6 is 0 Å². The third-order valence-corrected chi connectivity index (χ3v) is 6.19. The standard InChI is InChI=1S/C27H32N4O6/c1-6-36-23(32)22-20-17-30(25(34)37-26(2,3)4)14-11-21(20)31(28-22)19-9-7-8-18(16-19)10-12-27(35)13-15-29(5)24(27)33/h7-9,16,35H,6,11,13-15,17H2,1-5H3. The summed E-state index contributed by atoms with van der Waals surface area (Å²) in [5.74, 6) is 4.66. The van der Waals surface area contributed by atoms with Crippen molar-refractivity contribution in [2.24, 2.45) is 0 Å². The minimum atomic E-state index is -1.70. The molecule has 2 aromatic rings. The van der Waals surface area contributed by atoms with Crippen molar-refractivity contribution in [2.75, 3.05) is 26.7 Å². The molecular formula is C27H32N4O6. The second-order valence-corrected chi connectivity index (χ2v) is 10.2. The lowest BCUT2D eigenvalue weighted by Crippen LogP contribution is -2.40. The van der Waals surface area contributed by atoms with Crippen LogP contribution in [0.25, 0.3) is 5.69 Å². The molecule has 1 fully saturated rings. The van der Waals surface area contributed by atoms with Crippen LogP contribution in [0.1, 0.15) is 61.4 Å². The number of carbonyl (C=O) groups is 3. The van der Waals surface area contributed by atoms with Crippen LogP contribution in [-0.4, -0.2) is 80.6 Å². The average Bonchev–Trinajstić information content (AvgIpc) is 3.35. The predicted octanol–water partition coefficient (Wildman–Crippen LogP) is 2.29. The molecule has 2 aliphatic rings. The Morgan fingerprint density at radius 3 is 2.65 bits per heavy atom. The molecule has 37 heavy (non-hydrogen) atoms. The van der Waals surface area contributed by atoms with Gasteiger partial charge in [0.25, 0.3) is 5.91 Å². The maximum absolute atomic E-state index is 12.8. The molecule has 0 aliphatic carbocycles. The Balaban J connectivity index is 1.68. The van der Waals surface area contributed by atoms with E-state index in [2.05, 4.69) is 16.9 Å². The Bertz CT molecular complexity index is 1300. The number of carbonyl (C=O) groups excluding carboxylic acids is 3. The highest BCUT2D eigenvalue weighted by Crippen LogP contribution is 2.28. The quantitative estimate of drug-likeness (QED) is 0.500. The van der Waals surface area contributed by atoms with Crippen molar-refractivity contribution >= 4 is 18.0 Å². The number of esters is 1. The van der Waals surface area contributed by atoms with Gasteiger partial charge < -0.3 is 24.4 Å². The minimum Gasteiger partial charge on any atom is -0.461 e. The summed E-state index contributed by atoms with van der Waals surface area (Å²) in [7, 11) is 1.63. The van der Waals surface area contributed by atoms with Crippen molar-refractivity contribution in [1.29, 1.82) is 0 Å². The Hall–Kier alpha value is -3.84. The number of fused-ring (bicyclic) bond motifs is 1. The molecule has 0 saturated carbocycles. The summed E-state index contributed by atoms with van der Waals surface area (Å²) in [5, 5.41) is 15.2. The number of ether oxygens (including phenoxy) is 2. The van der Waals surface area contributed by atoms with E-state index in [4.69, 9.17) is 9.47 Å². The summed E-state index contributed by atoms with van der Waals surface area (Å²) in [4.78, 5) is 40.7. The number of likely N-dealkylation sites (N-methyl/N-ethyl adjacent to an activating group) is 1. The zero-order chi connectivity index (χ0) is 27.0. The van der Waals surface area contributed by atoms with E-state index in [0.717, 1.165) is 5.69 Å². The van der Waals surface area contributed by atoms with E-state index in [1.165, 1.54) is 4.90 Å². The van der Waals surface area contributed by atoms with Crippen molar-refractivity contribution in [3.05, 3.63) is 46.8 Å². The van der Waals surface area contributed by atoms with Gasteiger partial charge in [0.1, 0.15) is 5.60 Å². The monoisotopic (exact) mass is 508 g/mol. The summed E-state index contributed by atoms with van der Waals surface area (Å²) >= 11 is 0. The Kier molecular flexibility index (Phi) is 7.02. The van der Waals surface area contributed by atoms with Gasteiger partial charge in [-0.2, -0.15) is 5.10 Å². The van der Waals surface area contributed by atoms with Gasteiger partial charge in [0.15, 0.2) is 5.69 Å². The first-order valence-electron chi connectivity index (χ1n) is 12.3. The van der Waals surface area contributed by atoms with Gasteiger partial charge in [-0.15, -0.1) is 0 Å². The van der Waals surface area contributed by atoms with Gasteiger partial charge in [0.2, 0.25) is 5.60 Å². The molecular weight excluding hydrogens is 476 g/mol. The number of nitrogens with zero attached hydrogens (tertiary/aromatic N) is 4. The summed E-state index contributed by atoms with van der Waals surface area (Å²) < 4.78 is 12.4. The maximum atomic E-state index is 12.8. The number of rotatable bonds is 3. The van der Waals surface area contributed by atoms with Crippen molar-refractivity contribution in [3.63, 3.8) is 0 Å². The molecule has 0 spiro atoms. The number of hydrogen-bond donors (Lipinski definition) is 1. The van der Waals surface area contributed by atoms with Crippen molar-refractivity contribution in [1.82, 2.24) is 19.6 Å². The number of benzene rings is 1. The molecule has 2 amide bonds. The van der Waals surface area contributed by atoms with Crippen LogP contribution in [0.15, 0.2) is 24.3 Å². The second kappa shape index (κ2) is 9.90. The van der Waals surface area contributed by atoms with Gasteiger partial charge in [-0.05, 0) is 45.9 Å². The minimum absolute atomic E-state index is 0.149. The van der Waals surface area contributed by atoms with E-state index in [1.54, 1.807) is 62.5 Å². The van der Waals surface area contributed by atoms with E-state index >= 15 is 0 Å². The first-order chi connectivity index (χ1) is 17.4. The van der Waals surface area contributed by atoms with Gasteiger partial charge in [-0.25, -0.2) is 14.3 Å². The SMILES string of the molecule is CCOC(=O)c1nn(-c2cccc(C#CC3(O)CCN(C)C3=O)c2)c2c1CN(C(=O)OC(C)(C)C)CC2. The first kappa shape index (κ1) is 26.2. The van der Waals surface area contributed by atoms with Gasteiger partial charge in [0.05, 0.1) is 24.5 Å². The molecule has 0 bridgehead atoms. The predicted molar refractivity (Wildman–Crippen MR) is 134 cm³/mol. The molecule has 10 heteroatoms. The number of hydrogen-bond acceptors (Lipinski definition) is 7. The van der Waals surface area contributed by atoms with Crippen LogP contribution < -0.4 is 0 Å². The molecule has 196 valence electrons. The molecule has 1 unspecified atom stereocenters. The Morgan fingerprint density at radius 2 is 2.00 bits per heavy atom. The third-order valence-electron chi connectivity index (χ3n) is 6.19. The van der Waals surface area contributed by atoms with E-state index in [0.29, 0.717) is 36.3 Å². The number of amides is 2. The van der Waals surface area contributed by atoms with Crippen LogP contribution in [0, 0.1) is 11.8 Å². The molecule has 1 saturated heterocycles. The van der Waals surface area contributed by atoms with E-state index in [-0.39, 0.29) is 25.3 Å². The first-order valence-corrected chi connectivity index (χ1v) is 12.3. The largest absolute Gasteiger partial charge is 0.461 e. The number of likely N-dealkylation sites (tertiary alicyclic amines) is 1. The summed E-state index contributed by atoms with van der Waals surface area (Å²) in [6.45, 7) is 8.33. The molecule has 4 rings (SSSR count). The molecule has 10 nitrogen and oxygen atoms in total. The molecule has 1 N–H and O–H groups in total. The number of aromatic nitrogens is 2. The normalized spacial score (nSPS) is 19.2. The lowest BCUT2D eigenvalue weighted by Gasteiger charge is -2.30. The lowest BCUT2D eigenvalue weighted by molar-refractivity contribution is -0.137. The van der Waals surface area contributed by atoms with E-state index in [1.807, 2.05) is 6.07 Å². The maximum Gasteiger partial charge on any atom is 0.410 e. The average molecular weight is 509 g/mol. The number of aliphatic hydroxyl groups is 1. The molecule has 0 radical (unpaired) electrons. The third kappa shape index (κ3) is 5.47. The second-order valence-electron chi connectivity index (χ2n) is 10.2. The highest BCUT2D eigenvalue weighted by molar-refractivity contribution is 5.91. The van der Waals surface area contributed by atoms with Gasteiger partial charge in [-0.3, -0.25) is 4.79 Å². The fourth-order valence-corrected chi connectivity index (χ4v) is 4.34. The molecule has 3 heterocycles. The summed E-state index contributed by atoms with van der Waals surface area (Å²) in [5.41, 5.74) is 0.458.